The molecule has 1 aromatic rings. The Bertz CT molecular complexity index is 300. The molecule has 0 aliphatic carbocycles. The third-order valence-corrected chi connectivity index (χ3v) is 2.43. The molecule has 2 rings (SSSR count). The van der Waals surface area contributed by atoms with Crippen LogP contribution in [0.5, 0.6) is 5.88 Å². The Labute approximate surface area is 96.7 Å². The van der Waals surface area contributed by atoms with Gasteiger partial charge in [-0.1, -0.05) is 0 Å². The van der Waals surface area contributed by atoms with Crippen LogP contribution in [0.15, 0.2) is 18.3 Å². The molecule has 0 bridgehead atoms. The van der Waals surface area contributed by atoms with E-state index in [1.165, 1.54) is 12.0 Å². The van der Waals surface area contributed by atoms with Crippen molar-refractivity contribution in [3.63, 3.8) is 0 Å². The molecular formula is C11H17ClN2O. The van der Waals surface area contributed by atoms with Crippen molar-refractivity contribution in [2.45, 2.75) is 25.9 Å². The fourth-order valence-corrected chi connectivity index (χ4v) is 1.66. The van der Waals surface area contributed by atoms with Crippen LogP contribution in [0, 0.1) is 6.92 Å². The van der Waals surface area contributed by atoms with Gasteiger partial charge in [-0.2, -0.15) is 0 Å². The molecule has 2 heterocycles. The summed E-state index contributed by atoms with van der Waals surface area (Å²) in [5.74, 6) is 0.749. The molecule has 84 valence electrons. The second-order valence-corrected chi connectivity index (χ2v) is 3.76. The van der Waals surface area contributed by atoms with Gasteiger partial charge in [0.05, 0.1) is 0 Å². The van der Waals surface area contributed by atoms with Crippen LogP contribution in [0.3, 0.4) is 0 Å². The van der Waals surface area contributed by atoms with E-state index in [0.717, 1.165) is 25.4 Å². The molecule has 0 aromatic carbocycles. The van der Waals surface area contributed by atoms with E-state index in [1.807, 2.05) is 19.1 Å². The van der Waals surface area contributed by atoms with Crippen molar-refractivity contribution in [1.29, 1.82) is 0 Å². The third kappa shape index (κ3) is 3.68. The van der Waals surface area contributed by atoms with E-state index in [0.29, 0.717) is 0 Å². The summed E-state index contributed by atoms with van der Waals surface area (Å²) in [6.07, 6.45) is 4.40. The number of aryl methyl sites for hydroxylation is 1. The number of halogens is 1. The van der Waals surface area contributed by atoms with E-state index in [2.05, 4.69) is 10.3 Å². The van der Waals surface area contributed by atoms with E-state index in [1.54, 1.807) is 6.20 Å². The normalized spacial score (nSPS) is 20.5. The van der Waals surface area contributed by atoms with Gasteiger partial charge >= 0.3 is 0 Å². The average molecular weight is 229 g/mol. The number of pyridine rings is 1. The van der Waals surface area contributed by atoms with Crippen LogP contribution in [-0.4, -0.2) is 24.2 Å². The number of nitrogens with one attached hydrogen (secondary N) is 1. The van der Waals surface area contributed by atoms with Crippen molar-refractivity contribution in [1.82, 2.24) is 10.3 Å². The highest BCUT2D eigenvalue weighted by molar-refractivity contribution is 5.85. The standard InChI is InChI=1S/C11H16N2O.ClH/c1-9-4-6-13-11(7-9)14-10-3-2-5-12-8-10;/h4,6-7,10,12H,2-3,5,8H2,1H3;1H/t10-;/m1./s1. The Hall–Kier alpha value is -0.800. The third-order valence-electron chi connectivity index (χ3n) is 2.43. The Morgan fingerprint density at radius 2 is 2.40 bits per heavy atom. The first-order valence-corrected chi connectivity index (χ1v) is 5.14. The predicted octanol–water partition coefficient (Wildman–Crippen LogP) is 1.94. The first-order valence-electron chi connectivity index (χ1n) is 5.14. The van der Waals surface area contributed by atoms with Gasteiger partial charge in [0, 0.05) is 18.8 Å². The SMILES string of the molecule is Cc1ccnc(O[C@@H]2CCCNC2)c1.Cl. The van der Waals surface area contributed by atoms with Crippen LogP contribution >= 0.6 is 12.4 Å². The Balaban J connectivity index is 0.00000112. The van der Waals surface area contributed by atoms with Crippen molar-refractivity contribution in [2.75, 3.05) is 13.1 Å². The average Bonchev–Trinajstić information content (AvgIpc) is 2.19. The molecule has 1 fully saturated rings. The second kappa shape index (κ2) is 5.93. The van der Waals surface area contributed by atoms with E-state index in [-0.39, 0.29) is 18.5 Å². The molecule has 1 aliphatic rings. The van der Waals surface area contributed by atoms with Crippen LogP contribution in [0.2, 0.25) is 0 Å². The van der Waals surface area contributed by atoms with E-state index in [4.69, 9.17) is 4.74 Å². The summed E-state index contributed by atoms with van der Waals surface area (Å²) in [6.45, 7) is 4.10. The smallest absolute Gasteiger partial charge is 0.213 e. The molecule has 0 saturated carbocycles. The maximum Gasteiger partial charge on any atom is 0.213 e. The summed E-state index contributed by atoms with van der Waals surface area (Å²) >= 11 is 0. The van der Waals surface area contributed by atoms with Gasteiger partial charge in [0.1, 0.15) is 6.10 Å². The second-order valence-electron chi connectivity index (χ2n) is 3.76. The molecule has 1 atom stereocenters. The van der Waals surface area contributed by atoms with Gasteiger partial charge in [-0.15, -0.1) is 12.4 Å². The summed E-state index contributed by atoms with van der Waals surface area (Å²) in [5, 5.41) is 3.32. The van der Waals surface area contributed by atoms with Crippen LogP contribution in [0.4, 0.5) is 0 Å². The van der Waals surface area contributed by atoms with Crippen molar-refractivity contribution in [3.05, 3.63) is 23.9 Å². The van der Waals surface area contributed by atoms with Gasteiger partial charge < -0.3 is 10.1 Å². The van der Waals surface area contributed by atoms with E-state index >= 15 is 0 Å². The molecule has 3 nitrogen and oxygen atoms in total. The summed E-state index contributed by atoms with van der Waals surface area (Å²) in [7, 11) is 0. The fraction of sp³-hybridized carbons (Fsp3) is 0.545. The highest BCUT2D eigenvalue weighted by Crippen LogP contribution is 2.13. The van der Waals surface area contributed by atoms with Gasteiger partial charge in [-0.05, 0) is 37.9 Å². The summed E-state index contributed by atoms with van der Waals surface area (Å²) in [5.41, 5.74) is 1.19. The fourth-order valence-electron chi connectivity index (χ4n) is 1.66. The molecule has 0 amide bonds. The van der Waals surface area contributed by atoms with Crippen molar-refractivity contribution < 1.29 is 4.74 Å². The quantitative estimate of drug-likeness (QED) is 0.840. The lowest BCUT2D eigenvalue weighted by Gasteiger charge is -2.23. The first kappa shape index (κ1) is 12.3. The van der Waals surface area contributed by atoms with Gasteiger partial charge in [0.2, 0.25) is 5.88 Å². The number of aromatic nitrogens is 1. The van der Waals surface area contributed by atoms with Crippen LogP contribution < -0.4 is 10.1 Å². The highest BCUT2D eigenvalue weighted by atomic mass is 35.5. The first-order chi connectivity index (χ1) is 6.84. The maximum atomic E-state index is 5.76. The molecule has 1 aromatic heterocycles. The number of piperidine rings is 1. The highest BCUT2D eigenvalue weighted by Gasteiger charge is 2.14. The van der Waals surface area contributed by atoms with Crippen molar-refractivity contribution in [2.24, 2.45) is 0 Å². The number of ether oxygens (including phenoxy) is 1. The maximum absolute atomic E-state index is 5.76. The summed E-state index contributed by atoms with van der Waals surface area (Å²) in [4.78, 5) is 4.18. The van der Waals surface area contributed by atoms with Crippen LogP contribution in [-0.2, 0) is 0 Å². The minimum atomic E-state index is 0. The zero-order valence-electron chi connectivity index (χ0n) is 8.90. The van der Waals surface area contributed by atoms with Crippen molar-refractivity contribution >= 4 is 12.4 Å². The number of hydrogen-bond donors (Lipinski definition) is 1. The number of hydrogen-bond acceptors (Lipinski definition) is 3. The summed E-state index contributed by atoms with van der Waals surface area (Å²) < 4.78 is 5.76. The van der Waals surface area contributed by atoms with Crippen molar-refractivity contribution in [3.8, 4) is 5.88 Å². The minimum Gasteiger partial charge on any atom is -0.473 e. The molecule has 1 aliphatic heterocycles. The lowest BCUT2D eigenvalue weighted by atomic mass is 10.1. The number of rotatable bonds is 2. The zero-order chi connectivity index (χ0) is 9.80. The van der Waals surface area contributed by atoms with E-state index in [9.17, 15) is 0 Å². The monoisotopic (exact) mass is 228 g/mol. The Morgan fingerprint density at radius 3 is 3.07 bits per heavy atom. The van der Waals surface area contributed by atoms with Gasteiger partial charge in [-0.25, -0.2) is 4.98 Å². The Kier molecular flexibility index (Phi) is 4.85. The largest absolute Gasteiger partial charge is 0.473 e. The molecule has 15 heavy (non-hydrogen) atoms. The lowest BCUT2D eigenvalue weighted by Crippen LogP contribution is -2.37. The Morgan fingerprint density at radius 1 is 1.53 bits per heavy atom. The predicted molar refractivity (Wildman–Crippen MR) is 62.7 cm³/mol. The molecule has 1 N–H and O–H groups in total. The molecule has 0 spiro atoms. The molecular weight excluding hydrogens is 212 g/mol. The van der Waals surface area contributed by atoms with Gasteiger partial charge in [0.25, 0.3) is 0 Å². The molecule has 1 saturated heterocycles. The topological polar surface area (TPSA) is 34.1 Å². The molecule has 0 unspecified atom stereocenters. The van der Waals surface area contributed by atoms with E-state index < -0.39 is 0 Å². The van der Waals surface area contributed by atoms with Gasteiger partial charge in [0.15, 0.2) is 0 Å². The summed E-state index contributed by atoms with van der Waals surface area (Å²) in [6, 6.07) is 3.96. The number of nitrogens with zero attached hydrogens (tertiary/aromatic N) is 1. The van der Waals surface area contributed by atoms with Crippen LogP contribution in [0.25, 0.3) is 0 Å². The minimum absolute atomic E-state index is 0. The lowest BCUT2D eigenvalue weighted by molar-refractivity contribution is 0.160. The molecule has 4 heteroatoms. The zero-order valence-corrected chi connectivity index (χ0v) is 9.72. The molecule has 0 radical (unpaired) electrons. The van der Waals surface area contributed by atoms with Gasteiger partial charge in [-0.3, -0.25) is 0 Å². The van der Waals surface area contributed by atoms with Crippen LogP contribution in [0.1, 0.15) is 18.4 Å².